The van der Waals surface area contributed by atoms with Crippen LogP contribution in [0, 0.1) is 5.82 Å². The molecule has 0 bridgehead atoms. The molecule has 40 heavy (non-hydrogen) atoms. The zero-order chi connectivity index (χ0) is 27.2. The number of hydrogen-bond donors (Lipinski definition) is 1. The number of nitrogens with zero attached hydrogens (tertiary/aromatic N) is 3. The predicted octanol–water partition coefficient (Wildman–Crippen LogP) is 6.92. The molecule has 0 aliphatic carbocycles. The van der Waals surface area contributed by atoms with Gasteiger partial charge in [-0.1, -0.05) is 60.7 Å². The molecule has 2 aliphatic heterocycles. The standard InChI is InChI=1S/C34H31FN4O/c1-38-17-15-24(16-18-38)22-9-11-23(12-10-22)25-13-14-27-21-39(34(40)29(27)20-25)32(26-5-4-6-28(35)19-26)33-36-30-7-2-3-8-31(30)37-33/h2-14,19-20,24,32H,15-18,21H2,1H3,(H,36,37)/t32-/m1/s1. The summed E-state index contributed by atoms with van der Waals surface area (Å²) < 4.78 is 14.4. The molecule has 7 rings (SSSR count). The fraction of sp³-hybridized carbons (Fsp3) is 0.235. The number of likely N-dealkylation sites (tertiary alicyclic amines) is 1. The third-order valence-corrected chi connectivity index (χ3v) is 8.52. The lowest BCUT2D eigenvalue weighted by Gasteiger charge is -2.29. The van der Waals surface area contributed by atoms with E-state index in [1.165, 1.54) is 30.5 Å². The Labute approximate surface area is 233 Å². The summed E-state index contributed by atoms with van der Waals surface area (Å²) in [6, 6.07) is 28.7. The van der Waals surface area contributed by atoms with Crippen LogP contribution >= 0.6 is 0 Å². The minimum Gasteiger partial charge on any atom is -0.340 e. The second-order valence-corrected chi connectivity index (χ2v) is 11.1. The van der Waals surface area contributed by atoms with Gasteiger partial charge in [-0.2, -0.15) is 0 Å². The van der Waals surface area contributed by atoms with Crippen LogP contribution in [0.3, 0.4) is 0 Å². The topological polar surface area (TPSA) is 52.2 Å². The van der Waals surface area contributed by atoms with E-state index >= 15 is 0 Å². The summed E-state index contributed by atoms with van der Waals surface area (Å²) >= 11 is 0. The Morgan fingerprint density at radius 3 is 2.45 bits per heavy atom. The highest BCUT2D eigenvalue weighted by Gasteiger charge is 2.36. The summed E-state index contributed by atoms with van der Waals surface area (Å²) in [5, 5.41) is 0. The van der Waals surface area contributed by atoms with Crippen LogP contribution in [0.1, 0.15) is 57.7 Å². The van der Waals surface area contributed by atoms with E-state index < -0.39 is 6.04 Å². The van der Waals surface area contributed by atoms with Gasteiger partial charge in [0.1, 0.15) is 17.7 Å². The van der Waals surface area contributed by atoms with Crippen LogP contribution in [0.2, 0.25) is 0 Å². The molecule has 1 N–H and O–H groups in total. The summed E-state index contributed by atoms with van der Waals surface area (Å²) in [6.45, 7) is 2.71. The van der Waals surface area contributed by atoms with Crippen molar-refractivity contribution in [3.8, 4) is 11.1 Å². The summed E-state index contributed by atoms with van der Waals surface area (Å²) in [5.41, 5.74) is 7.56. The van der Waals surface area contributed by atoms with Crippen LogP contribution in [-0.2, 0) is 6.54 Å². The summed E-state index contributed by atoms with van der Waals surface area (Å²) in [4.78, 5) is 26.3. The van der Waals surface area contributed by atoms with Crippen molar-refractivity contribution in [1.82, 2.24) is 19.8 Å². The summed E-state index contributed by atoms with van der Waals surface area (Å²) in [7, 11) is 2.19. The summed E-state index contributed by atoms with van der Waals surface area (Å²) in [6.07, 6.45) is 2.38. The molecule has 1 atom stereocenters. The van der Waals surface area contributed by atoms with Crippen molar-refractivity contribution in [2.24, 2.45) is 0 Å². The number of fused-ring (bicyclic) bond motifs is 2. The van der Waals surface area contributed by atoms with Gasteiger partial charge in [-0.05, 0) is 97.0 Å². The average Bonchev–Trinajstić information content (AvgIpc) is 3.54. The zero-order valence-corrected chi connectivity index (χ0v) is 22.5. The molecule has 6 heteroatoms. The molecule has 1 aromatic heterocycles. The number of benzene rings is 4. The van der Waals surface area contributed by atoms with E-state index in [0.29, 0.717) is 29.4 Å². The molecule has 1 amide bonds. The van der Waals surface area contributed by atoms with Gasteiger partial charge < -0.3 is 14.8 Å². The first-order chi connectivity index (χ1) is 19.5. The van der Waals surface area contributed by atoms with Gasteiger partial charge in [-0.3, -0.25) is 4.79 Å². The van der Waals surface area contributed by atoms with Gasteiger partial charge in [-0.15, -0.1) is 0 Å². The lowest BCUT2D eigenvalue weighted by Crippen LogP contribution is -2.30. The number of imidazole rings is 1. The molecule has 0 radical (unpaired) electrons. The van der Waals surface area contributed by atoms with Crippen molar-refractivity contribution >= 4 is 16.9 Å². The highest BCUT2D eigenvalue weighted by molar-refractivity contribution is 6.00. The smallest absolute Gasteiger partial charge is 0.255 e. The van der Waals surface area contributed by atoms with Crippen LogP contribution in [0.5, 0.6) is 0 Å². The van der Waals surface area contributed by atoms with Crippen molar-refractivity contribution < 1.29 is 9.18 Å². The van der Waals surface area contributed by atoms with Crippen molar-refractivity contribution in [2.75, 3.05) is 20.1 Å². The van der Waals surface area contributed by atoms with E-state index in [1.54, 1.807) is 11.0 Å². The molecule has 5 aromatic rings. The molecular weight excluding hydrogens is 499 g/mol. The van der Waals surface area contributed by atoms with E-state index in [-0.39, 0.29) is 11.7 Å². The third-order valence-electron chi connectivity index (χ3n) is 8.52. The van der Waals surface area contributed by atoms with Gasteiger partial charge in [0.15, 0.2) is 0 Å². The Kier molecular flexibility index (Phi) is 6.20. The van der Waals surface area contributed by atoms with E-state index in [0.717, 1.165) is 40.8 Å². The number of halogens is 1. The normalized spacial score (nSPS) is 16.9. The molecule has 0 spiro atoms. The van der Waals surface area contributed by atoms with Crippen molar-refractivity contribution in [1.29, 1.82) is 0 Å². The van der Waals surface area contributed by atoms with Crippen molar-refractivity contribution in [3.63, 3.8) is 0 Å². The van der Waals surface area contributed by atoms with Gasteiger partial charge in [0.2, 0.25) is 0 Å². The number of aromatic amines is 1. The number of nitrogens with one attached hydrogen (secondary N) is 1. The lowest BCUT2D eigenvalue weighted by molar-refractivity contribution is 0.0725. The van der Waals surface area contributed by atoms with Crippen LogP contribution in [0.25, 0.3) is 22.2 Å². The minimum absolute atomic E-state index is 0.0745. The maximum Gasteiger partial charge on any atom is 0.255 e. The molecule has 1 fully saturated rings. The Morgan fingerprint density at radius 1 is 0.900 bits per heavy atom. The van der Waals surface area contributed by atoms with Gasteiger partial charge in [0.05, 0.1) is 11.0 Å². The lowest BCUT2D eigenvalue weighted by atomic mass is 9.88. The van der Waals surface area contributed by atoms with E-state index in [4.69, 9.17) is 4.98 Å². The molecule has 4 aromatic carbocycles. The number of rotatable bonds is 5. The first kappa shape index (κ1) is 24.7. The zero-order valence-electron chi connectivity index (χ0n) is 22.5. The maximum absolute atomic E-state index is 14.4. The molecule has 0 saturated carbocycles. The molecule has 0 unspecified atom stereocenters. The second kappa shape index (κ2) is 10.0. The minimum atomic E-state index is -0.541. The SMILES string of the molecule is CN1CCC(c2ccc(-c3ccc4c(c3)C(=O)N([C@H](c3cccc(F)c3)c3nc5ccccc5[nH]3)C4)cc2)CC1. The van der Waals surface area contributed by atoms with Gasteiger partial charge in [0, 0.05) is 12.1 Å². The molecule has 200 valence electrons. The summed E-state index contributed by atoms with van der Waals surface area (Å²) in [5.74, 6) is 0.819. The van der Waals surface area contributed by atoms with Crippen LogP contribution in [-0.4, -0.2) is 45.8 Å². The quantitative estimate of drug-likeness (QED) is 0.268. The Morgan fingerprint density at radius 2 is 1.68 bits per heavy atom. The Bertz CT molecular complexity index is 1670. The van der Waals surface area contributed by atoms with Crippen LogP contribution in [0.4, 0.5) is 4.39 Å². The fourth-order valence-corrected chi connectivity index (χ4v) is 6.27. The highest BCUT2D eigenvalue weighted by atomic mass is 19.1. The maximum atomic E-state index is 14.4. The molecule has 5 nitrogen and oxygen atoms in total. The Hall–Kier alpha value is -4.29. The van der Waals surface area contributed by atoms with Gasteiger partial charge in [0.25, 0.3) is 5.91 Å². The van der Waals surface area contributed by atoms with Crippen LogP contribution in [0.15, 0.2) is 91.0 Å². The van der Waals surface area contributed by atoms with Gasteiger partial charge in [-0.25, -0.2) is 9.37 Å². The molecule has 3 heterocycles. The molecular formula is C34H31FN4O. The van der Waals surface area contributed by atoms with Crippen LogP contribution < -0.4 is 0 Å². The number of carbonyl (C=O) groups is 1. The van der Waals surface area contributed by atoms with Gasteiger partial charge >= 0.3 is 0 Å². The predicted molar refractivity (Wildman–Crippen MR) is 156 cm³/mol. The molecule has 1 saturated heterocycles. The highest BCUT2D eigenvalue weighted by Crippen LogP contribution is 2.37. The monoisotopic (exact) mass is 530 g/mol. The fourth-order valence-electron chi connectivity index (χ4n) is 6.27. The number of amides is 1. The van der Waals surface area contributed by atoms with Crippen molar-refractivity contribution in [3.05, 3.63) is 125 Å². The van der Waals surface area contributed by atoms with E-state index in [1.807, 2.05) is 36.4 Å². The van der Waals surface area contributed by atoms with E-state index in [2.05, 4.69) is 53.3 Å². The number of H-pyrrole nitrogens is 1. The second-order valence-electron chi connectivity index (χ2n) is 11.1. The number of aromatic nitrogens is 2. The number of carbonyl (C=O) groups excluding carboxylic acids is 1. The van der Waals surface area contributed by atoms with E-state index in [9.17, 15) is 9.18 Å². The largest absolute Gasteiger partial charge is 0.340 e. The number of piperidine rings is 1. The number of hydrogen-bond acceptors (Lipinski definition) is 3. The number of para-hydroxylation sites is 2. The molecule has 2 aliphatic rings. The first-order valence-electron chi connectivity index (χ1n) is 14.0. The van der Waals surface area contributed by atoms with Crippen molar-refractivity contribution in [2.45, 2.75) is 31.3 Å². The average molecular weight is 531 g/mol. The Balaban J connectivity index is 1.20. The third kappa shape index (κ3) is 4.48. The first-order valence-corrected chi connectivity index (χ1v) is 14.0.